The third-order valence-electron chi connectivity index (χ3n) is 4.02. The van der Waals surface area contributed by atoms with E-state index in [0.717, 1.165) is 12.4 Å². The standard InChI is InChI=1S/C13H22BN3O2/c1-7-17(6)11-9-15-10(8-16-11)14-18-12(2,3)13(4,5)19-14/h8-9H,7H2,1-6H3. The second-order valence-electron chi connectivity index (χ2n) is 5.90. The largest absolute Gasteiger partial charge is 0.516 e. The van der Waals surface area contributed by atoms with Gasteiger partial charge in [0.05, 0.1) is 23.0 Å². The zero-order valence-corrected chi connectivity index (χ0v) is 12.6. The molecule has 1 fully saturated rings. The molecular weight excluding hydrogens is 241 g/mol. The molecule has 0 N–H and O–H groups in total. The quantitative estimate of drug-likeness (QED) is 0.768. The normalized spacial score (nSPS) is 20.6. The van der Waals surface area contributed by atoms with E-state index in [0.29, 0.717) is 5.59 Å². The Hall–Kier alpha value is -1.14. The molecule has 2 heterocycles. The van der Waals surface area contributed by atoms with Gasteiger partial charge in [0.25, 0.3) is 0 Å². The van der Waals surface area contributed by atoms with Gasteiger partial charge in [-0.15, -0.1) is 0 Å². The van der Waals surface area contributed by atoms with Crippen LogP contribution in [0.15, 0.2) is 12.4 Å². The van der Waals surface area contributed by atoms with Crippen molar-refractivity contribution in [2.45, 2.75) is 45.8 Å². The van der Waals surface area contributed by atoms with Crippen molar-refractivity contribution in [3.8, 4) is 0 Å². The van der Waals surface area contributed by atoms with E-state index in [1.165, 1.54) is 0 Å². The first kappa shape index (κ1) is 14.3. The number of anilines is 1. The average molecular weight is 263 g/mol. The van der Waals surface area contributed by atoms with Crippen LogP contribution < -0.4 is 10.5 Å². The molecule has 1 aromatic rings. The smallest absolute Gasteiger partial charge is 0.398 e. The molecule has 0 atom stereocenters. The van der Waals surface area contributed by atoms with Crippen molar-refractivity contribution < 1.29 is 9.31 Å². The van der Waals surface area contributed by atoms with Gasteiger partial charge in [-0.05, 0) is 34.6 Å². The molecule has 1 aliphatic heterocycles. The lowest BCUT2D eigenvalue weighted by molar-refractivity contribution is 0.00578. The summed E-state index contributed by atoms with van der Waals surface area (Å²) in [7, 11) is 1.54. The summed E-state index contributed by atoms with van der Waals surface area (Å²) in [5.41, 5.74) is 0.0168. The highest BCUT2D eigenvalue weighted by Gasteiger charge is 2.52. The predicted molar refractivity (Wildman–Crippen MR) is 76.7 cm³/mol. The van der Waals surface area contributed by atoms with Crippen LogP contribution in [0.4, 0.5) is 5.82 Å². The van der Waals surface area contributed by atoms with E-state index in [4.69, 9.17) is 9.31 Å². The van der Waals surface area contributed by atoms with Gasteiger partial charge in [0.1, 0.15) is 5.82 Å². The molecule has 0 unspecified atom stereocenters. The lowest BCUT2D eigenvalue weighted by Crippen LogP contribution is -2.41. The Morgan fingerprint density at radius 3 is 2.11 bits per heavy atom. The lowest BCUT2D eigenvalue weighted by atomic mass is 9.85. The van der Waals surface area contributed by atoms with Crippen molar-refractivity contribution in [1.29, 1.82) is 0 Å². The molecule has 0 saturated carbocycles. The Morgan fingerprint density at radius 2 is 1.68 bits per heavy atom. The van der Waals surface area contributed by atoms with Crippen LogP contribution in [-0.2, 0) is 9.31 Å². The SMILES string of the molecule is CCN(C)c1cnc(B2OC(C)(C)C(C)(C)O2)cn1. The minimum absolute atomic E-state index is 0.349. The maximum atomic E-state index is 5.94. The minimum Gasteiger partial charge on any atom is -0.398 e. The van der Waals surface area contributed by atoms with Crippen LogP contribution >= 0.6 is 0 Å². The molecule has 19 heavy (non-hydrogen) atoms. The monoisotopic (exact) mass is 263 g/mol. The zero-order chi connectivity index (χ0) is 14.3. The number of nitrogens with zero attached hydrogens (tertiary/aromatic N) is 3. The zero-order valence-electron chi connectivity index (χ0n) is 12.6. The van der Waals surface area contributed by atoms with Gasteiger partial charge >= 0.3 is 7.12 Å². The highest BCUT2D eigenvalue weighted by molar-refractivity contribution is 6.61. The van der Waals surface area contributed by atoms with Crippen LogP contribution in [0.1, 0.15) is 34.6 Å². The molecule has 0 aromatic carbocycles. The van der Waals surface area contributed by atoms with Crippen molar-refractivity contribution in [2.24, 2.45) is 0 Å². The van der Waals surface area contributed by atoms with Gasteiger partial charge in [-0.25, -0.2) is 4.98 Å². The van der Waals surface area contributed by atoms with Gasteiger partial charge in [-0.2, -0.15) is 0 Å². The Kier molecular flexibility index (Phi) is 3.58. The fourth-order valence-electron chi connectivity index (χ4n) is 1.78. The van der Waals surface area contributed by atoms with E-state index in [9.17, 15) is 0 Å². The summed E-state index contributed by atoms with van der Waals surface area (Å²) >= 11 is 0. The number of hydrogen-bond acceptors (Lipinski definition) is 5. The Bertz CT molecular complexity index is 432. The predicted octanol–water partition coefficient (Wildman–Crippen LogP) is 1.23. The van der Waals surface area contributed by atoms with E-state index in [1.807, 2.05) is 39.6 Å². The fourth-order valence-corrected chi connectivity index (χ4v) is 1.78. The maximum Gasteiger partial charge on any atom is 0.516 e. The van der Waals surface area contributed by atoms with E-state index in [2.05, 4.69) is 16.9 Å². The summed E-state index contributed by atoms with van der Waals surface area (Å²) in [5, 5.41) is 0. The Balaban J connectivity index is 2.17. The van der Waals surface area contributed by atoms with Crippen molar-refractivity contribution in [2.75, 3.05) is 18.5 Å². The van der Waals surface area contributed by atoms with E-state index in [1.54, 1.807) is 12.4 Å². The molecule has 0 radical (unpaired) electrons. The highest BCUT2D eigenvalue weighted by Crippen LogP contribution is 2.36. The highest BCUT2D eigenvalue weighted by atomic mass is 16.7. The molecule has 6 heteroatoms. The second kappa shape index (κ2) is 4.76. The van der Waals surface area contributed by atoms with Crippen LogP contribution in [0.2, 0.25) is 0 Å². The molecular formula is C13H22BN3O2. The van der Waals surface area contributed by atoms with Crippen LogP contribution in [0.25, 0.3) is 0 Å². The van der Waals surface area contributed by atoms with Gasteiger partial charge in [0, 0.05) is 19.8 Å². The molecule has 0 amide bonds. The van der Waals surface area contributed by atoms with Gasteiger partial charge in [0.2, 0.25) is 0 Å². The van der Waals surface area contributed by atoms with Crippen molar-refractivity contribution in [3.63, 3.8) is 0 Å². The second-order valence-corrected chi connectivity index (χ2v) is 5.90. The van der Waals surface area contributed by atoms with Gasteiger partial charge in [-0.3, -0.25) is 4.98 Å². The maximum absolute atomic E-state index is 5.94. The fraction of sp³-hybridized carbons (Fsp3) is 0.692. The first-order chi connectivity index (χ1) is 8.77. The van der Waals surface area contributed by atoms with Crippen LogP contribution in [0.5, 0.6) is 0 Å². The first-order valence-electron chi connectivity index (χ1n) is 6.65. The minimum atomic E-state index is -0.446. The summed E-state index contributed by atoms with van der Waals surface area (Å²) in [6.45, 7) is 11.1. The molecule has 1 saturated heterocycles. The van der Waals surface area contributed by atoms with E-state index < -0.39 is 7.12 Å². The van der Waals surface area contributed by atoms with Gasteiger partial charge in [0.15, 0.2) is 0 Å². The number of aromatic nitrogens is 2. The van der Waals surface area contributed by atoms with E-state index in [-0.39, 0.29) is 11.2 Å². The Labute approximate surface area is 115 Å². The number of rotatable bonds is 3. The molecule has 1 aromatic heterocycles. The average Bonchev–Trinajstić information content (AvgIpc) is 2.58. The molecule has 0 bridgehead atoms. The van der Waals surface area contributed by atoms with Crippen molar-refractivity contribution in [3.05, 3.63) is 12.4 Å². The summed E-state index contributed by atoms with van der Waals surface area (Å²) in [6, 6.07) is 0. The van der Waals surface area contributed by atoms with Crippen LogP contribution in [0.3, 0.4) is 0 Å². The lowest BCUT2D eigenvalue weighted by Gasteiger charge is -2.32. The van der Waals surface area contributed by atoms with Crippen molar-refractivity contribution in [1.82, 2.24) is 9.97 Å². The molecule has 0 spiro atoms. The van der Waals surface area contributed by atoms with Crippen LogP contribution in [-0.4, -0.2) is 41.9 Å². The summed E-state index contributed by atoms with van der Waals surface area (Å²) in [4.78, 5) is 10.8. The molecule has 5 nitrogen and oxygen atoms in total. The van der Waals surface area contributed by atoms with E-state index >= 15 is 0 Å². The summed E-state index contributed by atoms with van der Waals surface area (Å²) in [6.07, 6.45) is 3.48. The first-order valence-corrected chi connectivity index (χ1v) is 6.65. The molecule has 2 rings (SSSR count). The Morgan fingerprint density at radius 1 is 1.11 bits per heavy atom. The van der Waals surface area contributed by atoms with Crippen molar-refractivity contribution >= 4 is 18.5 Å². The molecule has 104 valence electrons. The summed E-state index contributed by atoms with van der Waals surface area (Å²) in [5.74, 6) is 0.850. The third kappa shape index (κ3) is 2.60. The van der Waals surface area contributed by atoms with Gasteiger partial charge in [-0.1, -0.05) is 0 Å². The van der Waals surface area contributed by atoms with Gasteiger partial charge < -0.3 is 14.2 Å². The topological polar surface area (TPSA) is 47.5 Å². The molecule has 1 aliphatic rings. The number of hydrogen-bond donors (Lipinski definition) is 0. The van der Waals surface area contributed by atoms with Crippen LogP contribution in [0, 0.1) is 0 Å². The third-order valence-corrected chi connectivity index (χ3v) is 4.02. The summed E-state index contributed by atoms with van der Waals surface area (Å²) < 4.78 is 11.9. The molecule has 0 aliphatic carbocycles.